The van der Waals surface area contributed by atoms with Gasteiger partial charge in [0.05, 0.1) is 40.8 Å². The number of fused-ring (bicyclic) bond motifs is 2. The third kappa shape index (κ3) is 5.16. The zero-order valence-electron chi connectivity index (χ0n) is 22.8. The summed E-state index contributed by atoms with van der Waals surface area (Å²) in [4.78, 5) is 26.0. The first-order valence-corrected chi connectivity index (χ1v) is 13.6. The number of ether oxygens (including phenoxy) is 2. The third-order valence-corrected chi connectivity index (χ3v) is 7.12. The molecule has 4 aromatic heterocycles. The van der Waals surface area contributed by atoms with E-state index in [1.165, 1.54) is 0 Å². The molecule has 0 aliphatic carbocycles. The number of benzene rings is 2. The molecule has 0 aliphatic rings. The molecule has 0 saturated heterocycles. The van der Waals surface area contributed by atoms with E-state index >= 15 is 0 Å². The lowest BCUT2D eigenvalue weighted by atomic mass is 10.0. The number of hydrogen-bond acceptors (Lipinski definition) is 6. The molecule has 0 spiro atoms. The van der Waals surface area contributed by atoms with Gasteiger partial charge in [0.1, 0.15) is 18.0 Å². The van der Waals surface area contributed by atoms with E-state index in [9.17, 15) is 19.8 Å². The van der Waals surface area contributed by atoms with E-state index in [-0.39, 0.29) is 23.5 Å². The molecule has 0 aliphatic heterocycles. The lowest BCUT2D eigenvalue weighted by Crippen LogP contribution is -2.12. The Bertz CT molecular complexity index is 1890. The fourth-order valence-corrected chi connectivity index (χ4v) is 5.10. The zero-order chi connectivity index (χ0) is 29.2. The number of pyridine rings is 2. The SMILES string of the molecule is CCOC(=O)c1cc(C(O)c2ccccc2)n2cc(OC(=O)c3cc(C(O)c4ccccc4)n4cccc4c3)cc2c1. The van der Waals surface area contributed by atoms with Crippen molar-refractivity contribution in [2.75, 3.05) is 6.61 Å². The zero-order valence-corrected chi connectivity index (χ0v) is 22.8. The van der Waals surface area contributed by atoms with Gasteiger partial charge in [0.2, 0.25) is 0 Å². The summed E-state index contributed by atoms with van der Waals surface area (Å²) < 4.78 is 14.5. The van der Waals surface area contributed by atoms with Crippen molar-refractivity contribution >= 4 is 23.0 Å². The van der Waals surface area contributed by atoms with Gasteiger partial charge in [0.15, 0.2) is 0 Å². The van der Waals surface area contributed by atoms with Crippen molar-refractivity contribution in [2.45, 2.75) is 19.1 Å². The van der Waals surface area contributed by atoms with Crippen molar-refractivity contribution < 1.29 is 29.3 Å². The number of rotatable bonds is 8. The molecule has 2 N–H and O–H groups in total. The first-order chi connectivity index (χ1) is 20.4. The van der Waals surface area contributed by atoms with Crippen LogP contribution in [-0.2, 0) is 4.74 Å². The molecule has 2 atom stereocenters. The van der Waals surface area contributed by atoms with Crippen molar-refractivity contribution in [3.8, 4) is 5.75 Å². The van der Waals surface area contributed by atoms with Crippen molar-refractivity contribution in [1.82, 2.24) is 8.80 Å². The van der Waals surface area contributed by atoms with Crippen LogP contribution in [0.3, 0.4) is 0 Å². The van der Waals surface area contributed by atoms with Crippen molar-refractivity contribution in [3.05, 3.63) is 149 Å². The number of carbonyl (C=O) groups excluding carboxylic acids is 2. The number of esters is 2. The predicted molar refractivity (Wildman–Crippen MR) is 157 cm³/mol. The first kappa shape index (κ1) is 27.0. The number of aliphatic hydroxyl groups excluding tert-OH is 2. The minimum Gasteiger partial charge on any atom is -0.462 e. The van der Waals surface area contributed by atoms with Crippen LogP contribution in [0.2, 0.25) is 0 Å². The van der Waals surface area contributed by atoms with Gasteiger partial charge in [-0.3, -0.25) is 0 Å². The van der Waals surface area contributed by atoms with E-state index in [1.54, 1.807) is 60.0 Å². The maximum absolute atomic E-state index is 13.4. The summed E-state index contributed by atoms with van der Waals surface area (Å²) in [6, 6.07) is 30.1. The van der Waals surface area contributed by atoms with Crippen LogP contribution in [0.15, 0.2) is 116 Å². The van der Waals surface area contributed by atoms with E-state index in [2.05, 4.69) is 0 Å². The molecule has 6 rings (SSSR count). The smallest absolute Gasteiger partial charge is 0.343 e. The van der Waals surface area contributed by atoms with Gasteiger partial charge in [0.25, 0.3) is 0 Å². The van der Waals surface area contributed by atoms with Crippen LogP contribution in [0.4, 0.5) is 0 Å². The van der Waals surface area contributed by atoms with Crippen LogP contribution in [0.1, 0.15) is 62.4 Å². The summed E-state index contributed by atoms with van der Waals surface area (Å²) in [6.45, 7) is 1.93. The Morgan fingerprint density at radius 3 is 1.88 bits per heavy atom. The standard InChI is InChI=1S/C34H28N2O6/c1-2-41-33(39)24-17-27-20-28(21-36(27)30(18-24)32(38)23-12-7-4-8-13-23)42-34(40)25-16-26-14-9-15-35(26)29(19-25)31(37)22-10-5-3-6-11-22/h3-21,31-32,37-38H,2H2,1H3. The van der Waals surface area contributed by atoms with E-state index in [0.29, 0.717) is 28.0 Å². The lowest BCUT2D eigenvalue weighted by molar-refractivity contribution is 0.0525. The molecular formula is C34H28N2O6. The summed E-state index contributed by atoms with van der Waals surface area (Å²) >= 11 is 0. The third-order valence-electron chi connectivity index (χ3n) is 7.12. The summed E-state index contributed by atoms with van der Waals surface area (Å²) in [5.74, 6) is -0.916. The topological polar surface area (TPSA) is 102 Å². The second-order valence-corrected chi connectivity index (χ2v) is 9.85. The number of carbonyl (C=O) groups is 2. The highest BCUT2D eigenvalue weighted by Gasteiger charge is 2.22. The fraction of sp³-hybridized carbons (Fsp3) is 0.118. The highest BCUT2D eigenvalue weighted by molar-refractivity contribution is 5.93. The Kier molecular flexibility index (Phi) is 7.31. The Morgan fingerprint density at radius 1 is 0.690 bits per heavy atom. The average molecular weight is 561 g/mol. The number of nitrogens with zero attached hydrogens (tertiary/aromatic N) is 2. The molecule has 8 heteroatoms. The number of aromatic nitrogens is 2. The van der Waals surface area contributed by atoms with Crippen LogP contribution in [0.5, 0.6) is 5.75 Å². The maximum atomic E-state index is 13.4. The molecule has 8 nitrogen and oxygen atoms in total. The van der Waals surface area contributed by atoms with E-state index in [4.69, 9.17) is 9.47 Å². The largest absolute Gasteiger partial charge is 0.462 e. The van der Waals surface area contributed by atoms with Gasteiger partial charge in [-0.25, -0.2) is 9.59 Å². The predicted octanol–water partition coefficient (Wildman–Crippen LogP) is 5.75. The van der Waals surface area contributed by atoms with Crippen LogP contribution < -0.4 is 4.74 Å². The molecule has 0 bridgehead atoms. The highest BCUT2D eigenvalue weighted by Crippen LogP contribution is 2.30. The fourth-order valence-electron chi connectivity index (χ4n) is 5.10. The van der Waals surface area contributed by atoms with Crippen LogP contribution in [0.25, 0.3) is 11.0 Å². The summed E-state index contributed by atoms with van der Waals surface area (Å²) in [5, 5.41) is 22.4. The molecule has 42 heavy (non-hydrogen) atoms. The van der Waals surface area contributed by atoms with Crippen LogP contribution in [-0.4, -0.2) is 37.6 Å². The molecular weight excluding hydrogens is 532 g/mol. The second-order valence-electron chi connectivity index (χ2n) is 9.85. The molecule has 6 aromatic rings. The monoisotopic (exact) mass is 560 g/mol. The van der Waals surface area contributed by atoms with Gasteiger partial charge in [-0.2, -0.15) is 0 Å². The van der Waals surface area contributed by atoms with Gasteiger partial charge < -0.3 is 28.5 Å². The molecule has 0 saturated carbocycles. The van der Waals surface area contributed by atoms with Gasteiger partial charge in [-0.15, -0.1) is 0 Å². The molecule has 2 aromatic carbocycles. The van der Waals surface area contributed by atoms with Crippen molar-refractivity contribution in [3.63, 3.8) is 0 Å². The molecule has 0 radical (unpaired) electrons. The Labute approximate surface area is 241 Å². The number of aliphatic hydroxyl groups is 2. The van der Waals surface area contributed by atoms with Crippen LogP contribution in [0, 0.1) is 0 Å². The van der Waals surface area contributed by atoms with Crippen molar-refractivity contribution in [2.24, 2.45) is 0 Å². The molecule has 0 amide bonds. The summed E-state index contributed by atoms with van der Waals surface area (Å²) in [7, 11) is 0. The van der Waals surface area contributed by atoms with Crippen molar-refractivity contribution in [1.29, 1.82) is 0 Å². The first-order valence-electron chi connectivity index (χ1n) is 13.6. The van der Waals surface area contributed by atoms with Gasteiger partial charge in [0, 0.05) is 17.8 Å². The minimum absolute atomic E-state index is 0.206. The average Bonchev–Trinajstić information content (AvgIpc) is 3.67. The highest BCUT2D eigenvalue weighted by atomic mass is 16.5. The molecule has 2 unspecified atom stereocenters. The van der Waals surface area contributed by atoms with Crippen LogP contribution >= 0.6 is 0 Å². The van der Waals surface area contributed by atoms with E-state index < -0.39 is 24.1 Å². The summed E-state index contributed by atoms with van der Waals surface area (Å²) in [5.41, 5.74) is 4.05. The number of hydrogen-bond donors (Lipinski definition) is 2. The second kappa shape index (κ2) is 11.4. The molecule has 210 valence electrons. The molecule has 4 heterocycles. The summed E-state index contributed by atoms with van der Waals surface area (Å²) in [6.07, 6.45) is 1.40. The lowest BCUT2D eigenvalue weighted by Gasteiger charge is -2.16. The van der Waals surface area contributed by atoms with Gasteiger partial charge >= 0.3 is 11.9 Å². The Hall–Kier alpha value is -5.18. The Morgan fingerprint density at radius 2 is 1.26 bits per heavy atom. The maximum Gasteiger partial charge on any atom is 0.343 e. The van der Waals surface area contributed by atoms with Gasteiger partial charge in [-0.05, 0) is 54.4 Å². The van der Waals surface area contributed by atoms with E-state index in [0.717, 1.165) is 5.52 Å². The Balaban J connectivity index is 1.37. The normalized spacial score (nSPS) is 12.7. The van der Waals surface area contributed by atoms with E-state index in [1.807, 2.05) is 71.3 Å². The van der Waals surface area contributed by atoms with Gasteiger partial charge in [-0.1, -0.05) is 60.7 Å². The minimum atomic E-state index is -1.06. The molecule has 0 fully saturated rings. The quantitative estimate of drug-likeness (QED) is 0.230.